The Hall–Kier alpha value is -0.0800. The minimum Gasteiger partial charge on any atom is -0.379 e. The molecule has 0 aromatic rings. The minimum atomic E-state index is -0.000108. The van der Waals surface area contributed by atoms with Crippen molar-refractivity contribution in [3.8, 4) is 0 Å². The molecule has 1 N–H and O–H groups in total. The second-order valence-electron chi connectivity index (χ2n) is 4.65. The van der Waals surface area contributed by atoms with E-state index in [1.807, 2.05) is 7.05 Å². The summed E-state index contributed by atoms with van der Waals surface area (Å²) in [5.74, 6) is 0. The SMILES string of the molecule is CCCCCC(CC(C)(C)OC)NC. The van der Waals surface area contributed by atoms with E-state index >= 15 is 0 Å². The van der Waals surface area contributed by atoms with Crippen molar-refractivity contribution < 1.29 is 4.74 Å². The third-order valence-electron chi connectivity index (χ3n) is 2.85. The third kappa shape index (κ3) is 6.39. The van der Waals surface area contributed by atoms with Gasteiger partial charge in [-0.15, -0.1) is 0 Å². The molecule has 0 saturated carbocycles. The van der Waals surface area contributed by atoms with Gasteiger partial charge in [0.1, 0.15) is 0 Å². The molecular formula is C12H27NO. The molecule has 0 radical (unpaired) electrons. The Morgan fingerprint density at radius 2 is 1.93 bits per heavy atom. The van der Waals surface area contributed by atoms with Crippen LogP contribution in [0.4, 0.5) is 0 Å². The number of methoxy groups -OCH3 is 1. The van der Waals surface area contributed by atoms with Gasteiger partial charge >= 0.3 is 0 Å². The van der Waals surface area contributed by atoms with Crippen molar-refractivity contribution in [2.75, 3.05) is 14.2 Å². The molecule has 2 heteroatoms. The topological polar surface area (TPSA) is 21.3 Å². The van der Waals surface area contributed by atoms with Crippen LogP contribution >= 0.6 is 0 Å². The summed E-state index contributed by atoms with van der Waals surface area (Å²) < 4.78 is 5.44. The van der Waals surface area contributed by atoms with Crippen molar-refractivity contribution in [3.05, 3.63) is 0 Å². The molecule has 2 nitrogen and oxygen atoms in total. The third-order valence-corrected chi connectivity index (χ3v) is 2.85. The van der Waals surface area contributed by atoms with E-state index in [0.29, 0.717) is 6.04 Å². The van der Waals surface area contributed by atoms with Crippen LogP contribution in [0.2, 0.25) is 0 Å². The van der Waals surface area contributed by atoms with Crippen LogP contribution in [0.15, 0.2) is 0 Å². The lowest BCUT2D eigenvalue weighted by molar-refractivity contribution is 0.00682. The number of ether oxygens (including phenoxy) is 1. The average molecular weight is 201 g/mol. The summed E-state index contributed by atoms with van der Waals surface area (Å²) >= 11 is 0. The summed E-state index contributed by atoms with van der Waals surface area (Å²) in [6.45, 7) is 6.54. The number of hydrogen-bond donors (Lipinski definition) is 1. The molecule has 0 amide bonds. The molecule has 0 aliphatic heterocycles. The molecule has 0 heterocycles. The van der Waals surface area contributed by atoms with Crippen molar-refractivity contribution in [1.29, 1.82) is 0 Å². The zero-order chi connectivity index (χ0) is 11.0. The van der Waals surface area contributed by atoms with Gasteiger partial charge in [0.05, 0.1) is 5.60 Å². The van der Waals surface area contributed by atoms with Gasteiger partial charge < -0.3 is 10.1 Å². The van der Waals surface area contributed by atoms with Crippen molar-refractivity contribution in [3.63, 3.8) is 0 Å². The molecular weight excluding hydrogens is 174 g/mol. The van der Waals surface area contributed by atoms with Crippen molar-refractivity contribution >= 4 is 0 Å². The maximum absolute atomic E-state index is 5.44. The second kappa shape index (κ2) is 7.24. The van der Waals surface area contributed by atoms with Crippen molar-refractivity contribution in [1.82, 2.24) is 5.32 Å². The summed E-state index contributed by atoms with van der Waals surface area (Å²) in [5, 5.41) is 3.37. The van der Waals surface area contributed by atoms with Gasteiger partial charge in [0, 0.05) is 13.2 Å². The molecule has 0 bridgehead atoms. The summed E-state index contributed by atoms with van der Waals surface area (Å²) in [6, 6.07) is 0.594. The lowest BCUT2D eigenvalue weighted by Gasteiger charge is -2.28. The highest BCUT2D eigenvalue weighted by Gasteiger charge is 2.21. The van der Waals surface area contributed by atoms with E-state index in [9.17, 15) is 0 Å². The van der Waals surface area contributed by atoms with Gasteiger partial charge in [-0.2, -0.15) is 0 Å². The van der Waals surface area contributed by atoms with Gasteiger partial charge in [0.15, 0.2) is 0 Å². The Morgan fingerprint density at radius 3 is 2.36 bits per heavy atom. The first-order valence-electron chi connectivity index (χ1n) is 5.78. The van der Waals surface area contributed by atoms with Crippen LogP contribution in [0, 0.1) is 0 Å². The van der Waals surface area contributed by atoms with E-state index in [0.717, 1.165) is 6.42 Å². The molecule has 0 aromatic carbocycles. The Kier molecular flexibility index (Phi) is 7.20. The fraction of sp³-hybridized carbons (Fsp3) is 1.00. The molecule has 0 aromatic heterocycles. The van der Waals surface area contributed by atoms with E-state index in [-0.39, 0.29) is 5.60 Å². The Labute approximate surface area is 89.4 Å². The summed E-state index contributed by atoms with van der Waals surface area (Å²) in [4.78, 5) is 0. The first kappa shape index (κ1) is 13.9. The molecule has 0 fully saturated rings. The van der Waals surface area contributed by atoms with E-state index in [1.165, 1.54) is 25.7 Å². The predicted molar refractivity (Wildman–Crippen MR) is 62.7 cm³/mol. The smallest absolute Gasteiger partial charge is 0.0637 e. The molecule has 0 saturated heterocycles. The fourth-order valence-electron chi connectivity index (χ4n) is 1.67. The normalized spacial score (nSPS) is 14.4. The lowest BCUT2D eigenvalue weighted by atomic mass is 9.95. The highest BCUT2D eigenvalue weighted by molar-refractivity contribution is 4.77. The van der Waals surface area contributed by atoms with Crippen LogP contribution < -0.4 is 5.32 Å². The highest BCUT2D eigenvalue weighted by Crippen LogP contribution is 2.18. The largest absolute Gasteiger partial charge is 0.379 e. The standard InChI is InChI=1S/C12H27NO/c1-6-7-8-9-11(13-4)10-12(2,3)14-5/h11,13H,6-10H2,1-5H3. The zero-order valence-corrected chi connectivity index (χ0v) is 10.5. The van der Waals surface area contributed by atoms with Crippen LogP contribution in [-0.4, -0.2) is 25.8 Å². The second-order valence-corrected chi connectivity index (χ2v) is 4.65. The van der Waals surface area contributed by atoms with Crippen molar-refractivity contribution in [2.24, 2.45) is 0 Å². The molecule has 0 rings (SSSR count). The van der Waals surface area contributed by atoms with Gasteiger partial charge in [-0.3, -0.25) is 0 Å². The van der Waals surface area contributed by atoms with Crippen LogP contribution in [0.1, 0.15) is 52.9 Å². The van der Waals surface area contributed by atoms with Gasteiger partial charge in [-0.1, -0.05) is 26.2 Å². The first-order valence-corrected chi connectivity index (χ1v) is 5.78. The van der Waals surface area contributed by atoms with Gasteiger partial charge in [-0.25, -0.2) is 0 Å². The van der Waals surface area contributed by atoms with Gasteiger partial charge in [-0.05, 0) is 33.7 Å². The Morgan fingerprint density at radius 1 is 1.29 bits per heavy atom. The van der Waals surface area contributed by atoms with Gasteiger partial charge in [0.2, 0.25) is 0 Å². The van der Waals surface area contributed by atoms with Gasteiger partial charge in [0.25, 0.3) is 0 Å². The van der Waals surface area contributed by atoms with E-state index in [4.69, 9.17) is 4.74 Å². The summed E-state index contributed by atoms with van der Waals surface area (Å²) in [6.07, 6.45) is 6.30. The molecule has 0 spiro atoms. The molecule has 14 heavy (non-hydrogen) atoms. The number of rotatable bonds is 8. The molecule has 0 aliphatic carbocycles. The maximum atomic E-state index is 5.44. The minimum absolute atomic E-state index is 0.000108. The van der Waals surface area contributed by atoms with Crippen LogP contribution in [0.25, 0.3) is 0 Å². The zero-order valence-electron chi connectivity index (χ0n) is 10.5. The average Bonchev–Trinajstić information content (AvgIpc) is 2.16. The van der Waals surface area contributed by atoms with Crippen LogP contribution in [0.3, 0.4) is 0 Å². The molecule has 1 atom stereocenters. The first-order chi connectivity index (χ1) is 6.55. The number of unbranched alkanes of at least 4 members (excludes halogenated alkanes) is 2. The number of nitrogens with one attached hydrogen (secondary N) is 1. The molecule has 1 unspecified atom stereocenters. The van der Waals surface area contributed by atoms with E-state index < -0.39 is 0 Å². The predicted octanol–water partition coefficient (Wildman–Crippen LogP) is 2.97. The Balaban J connectivity index is 3.78. The molecule has 86 valence electrons. The van der Waals surface area contributed by atoms with Crippen LogP contribution in [0.5, 0.6) is 0 Å². The lowest BCUT2D eigenvalue weighted by Crippen LogP contribution is -2.35. The number of hydrogen-bond acceptors (Lipinski definition) is 2. The summed E-state index contributed by atoms with van der Waals surface area (Å²) in [7, 11) is 3.83. The monoisotopic (exact) mass is 201 g/mol. The van der Waals surface area contributed by atoms with Crippen molar-refractivity contribution in [2.45, 2.75) is 64.5 Å². The van der Waals surface area contributed by atoms with Crippen LogP contribution in [-0.2, 0) is 4.74 Å². The fourth-order valence-corrected chi connectivity index (χ4v) is 1.67. The summed E-state index contributed by atoms with van der Waals surface area (Å²) in [5.41, 5.74) is -0.000108. The molecule has 0 aliphatic rings. The van der Waals surface area contributed by atoms with E-state index in [2.05, 4.69) is 26.1 Å². The Bertz CT molecular complexity index is 134. The maximum Gasteiger partial charge on any atom is 0.0637 e. The highest BCUT2D eigenvalue weighted by atomic mass is 16.5. The van der Waals surface area contributed by atoms with E-state index in [1.54, 1.807) is 7.11 Å². The quantitative estimate of drug-likeness (QED) is 0.610.